The number of nitrogens with zero attached hydrogens (tertiary/aromatic N) is 4. The van der Waals surface area contributed by atoms with Gasteiger partial charge in [-0.2, -0.15) is 0 Å². The molecule has 1 aromatic heterocycles. The van der Waals surface area contributed by atoms with Crippen molar-refractivity contribution in [1.82, 2.24) is 14.8 Å². The van der Waals surface area contributed by atoms with Gasteiger partial charge in [0.2, 0.25) is 5.91 Å². The molecule has 12 nitrogen and oxygen atoms in total. The van der Waals surface area contributed by atoms with E-state index in [0.29, 0.717) is 30.2 Å². The minimum absolute atomic E-state index is 0.142. The third-order valence-corrected chi connectivity index (χ3v) is 7.54. The molecule has 1 atom stereocenters. The van der Waals surface area contributed by atoms with Crippen molar-refractivity contribution in [3.05, 3.63) is 78.0 Å². The first-order valence-corrected chi connectivity index (χ1v) is 13.9. The Kier molecular flexibility index (Phi) is 8.93. The van der Waals surface area contributed by atoms with Gasteiger partial charge in [0.1, 0.15) is 30.0 Å². The number of aromatic nitrogens is 1. The molecule has 222 valence electrons. The molecule has 3 heterocycles. The van der Waals surface area contributed by atoms with Gasteiger partial charge in [0.05, 0.1) is 38.6 Å². The fraction of sp³-hybridized carbons (Fsp3) is 0.267. The molecular formula is C30H29N5O7S. The van der Waals surface area contributed by atoms with Crippen LogP contribution in [0.4, 0.5) is 11.5 Å². The number of thiocarbonyl (C=S) groups is 1. The van der Waals surface area contributed by atoms with Gasteiger partial charge < -0.3 is 24.8 Å². The van der Waals surface area contributed by atoms with E-state index in [-0.39, 0.29) is 42.6 Å². The van der Waals surface area contributed by atoms with E-state index >= 15 is 0 Å². The smallest absolute Gasteiger partial charge is 0.260 e. The van der Waals surface area contributed by atoms with Gasteiger partial charge >= 0.3 is 0 Å². The lowest BCUT2D eigenvalue weighted by Crippen LogP contribution is -2.45. The van der Waals surface area contributed by atoms with Gasteiger partial charge in [0.25, 0.3) is 17.7 Å². The number of morpholine rings is 1. The number of hydrogen-bond acceptors (Lipinski definition) is 9. The molecule has 43 heavy (non-hydrogen) atoms. The summed E-state index contributed by atoms with van der Waals surface area (Å²) in [4.78, 5) is 60.2. The van der Waals surface area contributed by atoms with Crippen molar-refractivity contribution in [1.29, 1.82) is 0 Å². The van der Waals surface area contributed by atoms with E-state index in [0.717, 1.165) is 10.5 Å². The number of phenols is 1. The van der Waals surface area contributed by atoms with E-state index < -0.39 is 29.7 Å². The standard InChI is InChI=1S/C30H29N5O7S/c1-41-23-10-11-25(31-17-23)32-26(37)16-24-29(40)35(30(43)33(24)13-12-19-2-8-22(36)9-3-19)21-6-4-20(5-7-21)28(39)34-14-15-42-18-27(34)38/h2-11,17,24,36H,12-16,18H2,1H3,(H,31,32,37). The van der Waals surface area contributed by atoms with Gasteiger partial charge in [-0.15, -0.1) is 0 Å². The summed E-state index contributed by atoms with van der Waals surface area (Å²) in [6.07, 6.45) is 1.79. The van der Waals surface area contributed by atoms with Crippen LogP contribution in [0.2, 0.25) is 0 Å². The highest BCUT2D eigenvalue weighted by molar-refractivity contribution is 7.80. The summed E-state index contributed by atoms with van der Waals surface area (Å²) in [5.74, 6) is -0.690. The second-order valence-corrected chi connectivity index (χ2v) is 10.2. The highest BCUT2D eigenvalue weighted by Crippen LogP contribution is 2.29. The molecule has 0 saturated carbocycles. The largest absolute Gasteiger partial charge is 0.508 e. The van der Waals surface area contributed by atoms with Gasteiger partial charge in [-0.1, -0.05) is 12.1 Å². The Balaban J connectivity index is 1.35. The minimum atomic E-state index is -0.893. The highest BCUT2D eigenvalue weighted by atomic mass is 32.1. The molecule has 2 aliphatic heterocycles. The predicted molar refractivity (Wildman–Crippen MR) is 160 cm³/mol. The zero-order chi connectivity index (χ0) is 30.5. The van der Waals surface area contributed by atoms with E-state index in [1.54, 1.807) is 53.4 Å². The molecule has 13 heteroatoms. The number of ether oxygens (including phenoxy) is 2. The van der Waals surface area contributed by atoms with Gasteiger partial charge in [-0.25, -0.2) is 4.98 Å². The predicted octanol–water partition coefficient (Wildman–Crippen LogP) is 2.37. The number of hydrogen-bond donors (Lipinski definition) is 2. The number of phenolic OH excluding ortho intramolecular Hbond substituents is 1. The maximum absolute atomic E-state index is 13.8. The first kappa shape index (κ1) is 29.6. The molecular weight excluding hydrogens is 574 g/mol. The van der Waals surface area contributed by atoms with Crippen LogP contribution in [-0.4, -0.2) is 88.1 Å². The molecule has 0 radical (unpaired) electrons. The van der Waals surface area contributed by atoms with Gasteiger partial charge in [0.15, 0.2) is 5.11 Å². The monoisotopic (exact) mass is 603 g/mol. The fourth-order valence-corrected chi connectivity index (χ4v) is 5.24. The number of anilines is 2. The van der Waals surface area contributed by atoms with E-state index in [9.17, 15) is 24.3 Å². The lowest BCUT2D eigenvalue weighted by molar-refractivity contribution is -0.139. The Morgan fingerprint density at radius 3 is 2.49 bits per heavy atom. The molecule has 5 rings (SSSR count). The van der Waals surface area contributed by atoms with Crippen molar-refractivity contribution in [3.8, 4) is 11.5 Å². The van der Waals surface area contributed by atoms with Crippen molar-refractivity contribution in [2.45, 2.75) is 18.9 Å². The Labute approximate surface area is 252 Å². The van der Waals surface area contributed by atoms with E-state index in [4.69, 9.17) is 21.7 Å². The highest BCUT2D eigenvalue weighted by Gasteiger charge is 2.44. The van der Waals surface area contributed by atoms with Gasteiger partial charge in [0, 0.05) is 12.1 Å². The molecule has 4 amide bonds. The third kappa shape index (κ3) is 6.63. The molecule has 0 aliphatic carbocycles. The van der Waals surface area contributed by atoms with E-state index in [1.807, 2.05) is 0 Å². The van der Waals surface area contributed by atoms with Crippen LogP contribution in [-0.2, 0) is 25.5 Å². The Bertz CT molecular complexity index is 1530. The number of carbonyl (C=O) groups excluding carboxylic acids is 4. The van der Waals surface area contributed by atoms with Crippen LogP contribution in [0.1, 0.15) is 22.3 Å². The van der Waals surface area contributed by atoms with Crippen LogP contribution >= 0.6 is 12.2 Å². The number of carbonyl (C=O) groups is 4. The summed E-state index contributed by atoms with van der Waals surface area (Å²) in [5.41, 5.74) is 1.62. The normalized spacial score (nSPS) is 16.9. The minimum Gasteiger partial charge on any atom is -0.508 e. The second kappa shape index (κ2) is 13.0. The summed E-state index contributed by atoms with van der Waals surface area (Å²) < 4.78 is 10.2. The van der Waals surface area contributed by atoms with Crippen molar-refractivity contribution < 1.29 is 33.8 Å². The Hall–Kier alpha value is -4.88. The average molecular weight is 604 g/mol. The Morgan fingerprint density at radius 2 is 1.84 bits per heavy atom. The average Bonchev–Trinajstić information content (AvgIpc) is 3.24. The van der Waals surface area contributed by atoms with Gasteiger partial charge in [-0.3, -0.25) is 29.0 Å². The summed E-state index contributed by atoms with van der Waals surface area (Å²) >= 11 is 5.75. The second-order valence-electron chi connectivity index (χ2n) is 9.87. The first-order valence-electron chi connectivity index (χ1n) is 13.5. The molecule has 2 aliphatic rings. The number of methoxy groups -OCH3 is 1. The Morgan fingerprint density at radius 1 is 1.09 bits per heavy atom. The van der Waals surface area contributed by atoms with Crippen LogP contribution in [0.15, 0.2) is 66.9 Å². The van der Waals surface area contributed by atoms with E-state index in [1.165, 1.54) is 30.3 Å². The van der Waals surface area contributed by atoms with Crippen molar-refractivity contribution in [2.24, 2.45) is 0 Å². The zero-order valence-corrected chi connectivity index (χ0v) is 24.1. The maximum atomic E-state index is 13.8. The quantitative estimate of drug-likeness (QED) is 0.277. The zero-order valence-electron chi connectivity index (χ0n) is 23.3. The number of aromatic hydroxyl groups is 1. The van der Waals surface area contributed by atoms with Crippen LogP contribution in [0.5, 0.6) is 11.5 Å². The number of imide groups is 1. The molecule has 2 aromatic carbocycles. The SMILES string of the molecule is COc1ccc(NC(=O)CC2C(=O)N(c3ccc(C(=O)N4CCOCC4=O)cc3)C(=S)N2CCc2ccc(O)cc2)nc1. The molecule has 1 unspecified atom stereocenters. The molecule has 3 aromatic rings. The van der Waals surface area contributed by atoms with Crippen LogP contribution in [0.25, 0.3) is 0 Å². The van der Waals surface area contributed by atoms with E-state index in [2.05, 4.69) is 10.3 Å². The summed E-state index contributed by atoms with van der Waals surface area (Å²) in [7, 11) is 1.51. The number of amides is 4. The summed E-state index contributed by atoms with van der Waals surface area (Å²) in [6.45, 7) is 0.625. The topological polar surface area (TPSA) is 142 Å². The number of nitrogens with one attached hydrogen (secondary N) is 1. The molecule has 2 N–H and O–H groups in total. The van der Waals surface area contributed by atoms with Gasteiger partial charge in [-0.05, 0) is 72.7 Å². The molecule has 0 spiro atoms. The number of pyridine rings is 1. The summed E-state index contributed by atoms with van der Waals surface area (Å²) in [6, 6.07) is 15.3. The molecule has 0 bridgehead atoms. The lowest BCUT2D eigenvalue weighted by Gasteiger charge is -2.25. The molecule has 2 saturated heterocycles. The van der Waals surface area contributed by atoms with Crippen molar-refractivity contribution in [3.63, 3.8) is 0 Å². The maximum Gasteiger partial charge on any atom is 0.260 e. The van der Waals surface area contributed by atoms with Crippen LogP contribution < -0.4 is 15.0 Å². The number of benzene rings is 2. The van der Waals surface area contributed by atoms with Crippen LogP contribution in [0, 0.1) is 0 Å². The lowest BCUT2D eigenvalue weighted by atomic mass is 10.1. The van der Waals surface area contributed by atoms with Crippen molar-refractivity contribution >= 4 is 52.5 Å². The number of rotatable bonds is 9. The molecule has 2 fully saturated rings. The first-order chi connectivity index (χ1) is 20.7. The fourth-order valence-electron chi connectivity index (χ4n) is 4.82. The van der Waals surface area contributed by atoms with Crippen LogP contribution in [0.3, 0.4) is 0 Å². The third-order valence-electron chi connectivity index (χ3n) is 7.12. The van der Waals surface area contributed by atoms with Crippen molar-refractivity contribution in [2.75, 3.05) is 43.6 Å². The summed E-state index contributed by atoms with van der Waals surface area (Å²) in [5, 5.41) is 12.5.